The maximum atomic E-state index is 6.50. The fraction of sp³-hybridized carbons (Fsp3) is 0.647. The second-order valence-corrected chi connectivity index (χ2v) is 6.37. The number of rotatable bonds is 4. The van der Waals surface area contributed by atoms with E-state index in [-0.39, 0.29) is 6.04 Å². The van der Waals surface area contributed by atoms with Gasteiger partial charge in [-0.2, -0.15) is 0 Å². The Labute approximate surface area is 128 Å². The molecule has 4 nitrogen and oxygen atoms in total. The van der Waals surface area contributed by atoms with Crippen LogP contribution >= 0.6 is 0 Å². The van der Waals surface area contributed by atoms with E-state index in [0.29, 0.717) is 6.04 Å². The molecule has 1 fully saturated rings. The van der Waals surface area contributed by atoms with Crippen LogP contribution in [0.1, 0.15) is 29.2 Å². The predicted molar refractivity (Wildman–Crippen MR) is 87.9 cm³/mol. The highest BCUT2D eigenvalue weighted by Gasteiger charge is 2.26. The van der Waals surface area contributed by atoms with Crippen LogP contribution in [0.4, 0.5) is 0 Å². The van der Waals surface area contributed by atoms with Gasteiger partial charge in [0.2, 0.25) is 0 Å². The lowest BCUT2D eigenvalue weighted by Crippen LogP contribution is -2.50. The van der Waals surface area contributed by atoms with Crippen LogP contribution in [0, 0.1) is 13.8 Å². The molecule has 4 heteroatoms. The molecule has 21 heavy (non-hydrogen) atoms. The standard InChI is InChI=1S/C17H29N3O/c1-12-6-7-15(17(21-5)13(12)2)16(18)10-14-11-19(3)8-9-20(14)4/h6-7,14,16H,8-11,18H2,1-5H3. The second kappa shape index (κ2) is 6.77. The lowest BCUT2D eigenvalue weighted by Gasteiger charge is -2.39. The molecule has 2 N–H and O–H groups in total. The van der Waals surface area contributed by atoms with Gasteiger partial charge in [-0.05, 0) is 45.5 Å². The zero-order valence-electron chi connectivity index (χ0n) is 14.0. The van der Waals surface area contributed by atoms with Gasteiger partial charge in [0.15, 0.2) is 0 Å². The summed E-state index contributed by atoms with van der Waals surface area (Å²) in [6, 6.07) is 4.78. The minimum absolute atomic E-state index is 0.0122. The number of methoxy groups -OCH3 is 1. The minimum Gasteiger partial charge on any atom is -0.496 e. The molecular weight excluding hydrogens is 262 g/mol. The molecule has 0 bridgehead atoms. The number of nitrogens with zero attached hydrogens (tertiary/aromatic N) is 2. The predicted octanol–water partition coefficient (Wildman–Crippen LogP) is 1.95. The van der Waals surface area contributed by atoms with Crippen molar-refractivity contribution in [3.05, 3.63) is 28.8 Å². The molecule has 2 atom stereocenters. The molecule has 2 rings (SSSR count). The third kappa shape index (κ3) is 3.57. The lowest BCUT2D eigenvalue weighted by atomic mass is 9.94. The molecule has 0 amide bonds. The van der Waals surface area contributed by atoms with Gasteiger partial charge in [0, 0.05) is 37.3 Å². The number of likely N-dealkylation sites (N-methyl/N-ethyl adjacent to an activating group) is 2. The Bertz CT molecular complexity index is 489. The van der Waals surface area contributed by atoms with Crippen LogP contribution in [0.25, 0.3) is 0 Å². The number of hydrogen-bond donors (Lipinski definition) is 1. The monoisotopic (exact) mass is 291 g/mol. The van der Waals surface area contributed by atoms with Gasteiger partial charge in [-0.25, -0.2) is 0 Å². The highest BCUT2D eigenvalue weighted by Crippen LogP contribution is 2.32. The minimum atomic E-state index is 0.0122. The SMILES string of the molecule is COc1c(C(N)CC2CN(C)CCN2C)ccc(C)c1C. The molecule has 0 radical (unpaired) electrons. The zero-order chi connectivity index (χ0) is 15.6. The third-order valence-electron chi connectivity index (χ3n) is 4.82. The van der Waals surface area contributed by atoms with Crippen LogP contribution < -0.4 is 10.5 Å². The van der Waals surface area contributed by atoms with Crippen LogP contribution in [-0.4, -0.2) is 56.7 Å². The number of aryl methyl sites for hydroxylation is 1. The third-order valence-corrected chi connectivity index (χ3v) is 4.82. The van der Waals surface area contributed by atoms with Gasteiger partial charge in [0.05, 0.1) is 7.11 Å². The smallest absolute Gasteiger partial charge is 0.126 e. The molecule has 0 aromatic heterocycles. The fourth-order valence-electron chi connectivity index (χ4n) is 3.15. The molecule has 118 valence electrons. The van der Waals surface area contributed by atoms with Crippen molar-refractivity contribution in [2.75, 3.05) is 40.8 Å². The molecule has 2 unspecified atom stereocenters. The Hall–Kier alpha value is -1.10. The largest absolute Gasteiger partial charge is 0.496 e. The summed E-state index contributed by atoms with van der Waals surface area (Å²) >= 11 is 0. The van der Waals surface area contributed by atoms with Crippen molar-refractivity contribution in [1.29, 1.82) is 0 Å². The van der Waals surface area contributed by atoms with E-state index in [1.165, 1.54) is 11.1 Å². The average molecular weight is 291 g/mol. The first-order valence-electron chi connectivity index (χ1n) is 7.72. The van der Waals surface area contributed by atoms with Crippen LogP contribution in [0.15, 0.2) is 12.1 Å². The Balaban J connectivity index is 2.16. The molecule has 1 aliphatic rings. The lowest BCUT2D eigenvalue weighted by molar-refractivity contribution is 0.104. The Morgan fingerprint density at radius 3 is 2.67 bits per heavy atom. The van der Waals surface area contributed by atoms with Gasteiger partial charge in [0.25, 0.3) is 0 Å². The number of nitrogens with two attached hydrogens (primary N) is 1. The van der Waals surface area contributed by atoms with E-state index in [1.807, 2.05) is 0 Å². The van der Waals surface area contributed by atoms with Crippen molar-refractivity contribution >= 4 is 0 Å². The van der Waals surface area contributed by atoms with Crippen molar-refractivity contribution in [2.24, 2.45) is 5.73 Å². The molecule has 0 saturated carbocycles. The first-order valence-corrected chi connectivity index (χ1v) is 7.72. The number of piperazine rings is 1. The normalized spacial score (nSPS) is 22.3. The summed E-state index contributed by atoms with van der Waals surface area (Å²) in [5.74, 6) is 0.953. The van der Waals surface area contributed by atoms with Crippen LogP contribution in [0.3, 0.4) is 0 Å². The van der Waals surface area contributed by atoms with Crippen molar-refractivity contribution in [2.45, 2.75) is 32.4 Å². The zero-order valence-corrected chi connectivity index (χ0v) is 14.0. The molecule has 0 aliphatic carbocycles. The summed E-state index contributed by atoms with van der Waals surface area (Å²) in [6.45, 7) is 7.53. The summed E-state index contributed by atoms with van der Waals surface area (Å²) in [6.07, 6.45) is 0.958. The van der Waals surface area contributed by atoms with Crippen molar-refractivity contribution in [3.8, 4) is 5.75 Å². The first kappa shape index (κ1) is 16.3. The maximum Gasteiger partial charge on any atom is 0.126 e. The Morgan fingerprint density at radius 2 is 2.00 bits per heavy atom. The summed E-state index contributed by atoms with van der Waals surface area (Å²) in [5.41, 5.74) is 10.1. The van der Waals surface area contributed by atoms with Gasteiger partial charge in [-0.1, -0.05) is 12.1 Å². The molecule has 0 spiro atoms. The maximum absolute atomic E-state index is 6.50. The average Bonchev–Trinajstić information content (AvgIpc) is 2.45. The first-order chi connectivity index (χ1) is 9.93. The highest BCUT2D eigenvalue weighted by atomic mass is 16.5. The summed E-state index contributed by atoms with van der Waals surface area (Å²) in [7, 11) is 6.11. The van der Waals surface area contributed by atoms with Gasteiger partial charge in [-0.3, -0.25) is 0 Å². The quantitative estimate of drug-likeness (QED) is 0.920. The molecular formula is C17H29N3O. The van der Waals surface area contributed by atoms with Crippen molar-refractivity contribution < 1.29 is 4.74 Å². The summed E-state index contributed by atoms with van der Waals surface area (Å²) < 4.78 is 5.61. The van der Waals surface area contributed by atoms with Crippen LogP contribution in [0.2, 0.25) is 0 Å². The van der Waals surface area contributed by atoms with E-state index in [9.17, 15) is 0 Å². The molecule has 1 heterocycles. The van der Waals surface area contributed by atoms with Crippen LogP contribution in [-0.2, 0) is 0 Å². The van der Waals surface area contributed by atoms with E-state index in [0.717, 1.165) is 37.4 Å². The van der Waals surface area contributed by atoms with Gasteiger partial charge < -0.3 is 20.3 Å². The van der Waals surface area contributed by atoms with E-state index >= 15 is 0 Å². The van der Waals surface area contributed by atoms with Crippen molar-refractivity contribution in [3.63, 3.8) is 0 Å². The van der Waals surface area contributed by atoms with E-state index in [1.54, 1.807) is 7.11 Å². The van der Waals surface area contributed by atoms with E-state index < -0.39 is 0 Å². The van der Waals surface area contributed by atoms with Crippen molar-refractivity contribution in [1.82, 2.24) is 9.80 Å². The summed E-state index contributed by atoms with van der Waals surface area (Å²) in [5, 5.41) is 0. The highest BCUT2D eigenvalue weighted by molar-refractivity contribution is 5.46. The van der Waals surface area contributed by atoms with Gasteiger partial charge in [-0.15, -0.1) is 0 Å². The second-order valence-electron chi connectivity index (χ2n) is 6.37. The number of ether oxygens (including phenoxy) is 1. The number of benzene rings is 1. The molecule has 1 aliphatic heterocycles. The van der Waals surface area contributed by atoms with E-state index in [4.69, 9.17) is 10.5 Å². The molecule has 1 saturated heterocycles. The molecule has 1 aromatic carbocycles. The Kier molecular flexibility index (Phi) is 5.25. The van der Waals surface area contributed by atoms with Gasteiger partial charge >= 0.3 is 0 Å². The topological polar surface area (TPSA) is 41.7 Å². The van der Waals surface area contributed by atoms with Gasteiger partial charge in [0.1, 0.15) is 5.75 Å². The number of hydrogen-bond acceptors (Lipinski definition) is 4. The fourth-order valence-corrected chi connectivity index (χ4v) is 3.15. The molecule has 1 aromatic rings. The Morgan fingerprint density at radius 1 is 1.29 bits per heavy atom. The van der Waals surface area contributed by atoms with Crippen LogP contribution in [0.5, 0.6) is 5.75 Å². The van der Waals surface area contributed by atoms with E-state index in [2.05, 4.69) is 49.9 Å². The summed E-state index contributed by atoms with van der Waals surface area (Å²) in [4.78, 5) is 4.81.